The normalized spacial score (nSPS) is 11.9. The smallest absolute Gasteiger partial charge is 0.234 e. The van der Waals surface area contributed by atoms with E-state index in [1.807, 2.05) is 32.0 Å². The van der Waals surface area contributed by atoms with E-state index in [0.717, 1.165) is 16.8 Å². The molecule has 1 rings (SSSR count). The molecular formula is C12H16N2OS. The van der Waals surface area contributed by atoms with Crippen molar-refractivity contribution in [2.45, 2.75) is 20.8 Å². The fourth-order valence-electron chi connectivity index (χ4n) is 1.24. The number of anilines is 1. The van der Waals surface area contributed by atoms with Crippen molar-refractivity contribution in [2.75, 3.05) is 5.32 Å². The highest BCUT2D eigenvalue weighted by Crippen LogP contribution is 2.17. The van der Waals surface area contributed by atoms with Crippen molar-refractivity contribution >= 4 is 28.8 Å². The van der Waals surface area contributed by atoms with Crippen molar-refractivity contribution in [1.29, 1.82) is 0 Å². The monoisotopic (exact) mass is 236 g/mol. The Bertz CT molecular complexity index is 429. The summed E-state index contributed by atoms with van der Waals surface area (Å²) in [5, 5.41) is 2.83. The number of hydrogen-bond donors (Lipinski definition) is 2. The van der Waals surface area contributed by atoms with Crippen molar-refractivity contribution < 1.29 is 4.79 Å². The maximum Gasteiger partial charge on any atom is 0.234 e. The second kappa shape index (κ2) is 5.07. The largest absolute Gasteiger partial charge is 0.393 e. The zero-order valence-corrected chi connectivity index (χ0v) is 10.5. The molecule has 0 fully saturated rings. The van der Waals surface area contributed by atoms with Gasteiger partial charge in [-0.3, -0.25) is 4.79 Å². The predicted molar refractivity (Wildman–Crippen MR) is 70.5 cm³/mol. The molecular weight excluding hydrogens is 220 g/mol. The lowest BCUT2D eigenvalue weighted by Crippen LogP contribution is -2.31. The predicted octanol–water partition coefficient (Wildman–Crippen LogP) is 2.16. The fraction of sp³-hybridized carbons (Fsp3) is 0.333. The average Bonchev–Trinajstić information content (AvgIpc) is 2.22. The molecule has 0 heterocycles. The number of thiocarbonyl (C=S) groups is 1. The van der Waals surface area contributed by atoms with Crippen LogP contribution in [0.2, 0.25) is 0 Å². The lowest BCUT2D eigenvalue weighted by atomic mass is 10.1. The molecule has 0 radical (unpaired) electrons. The summed E-state index contributed by atoms with van der Waals surface area (Å²) in [7, 11) is 0. The van der Waals surface area contributed by atoms with Gasteiger partial charge in [0.2, 0.25) is 5.91 Å². The van der Waals surface area contributed by atoms with Gasteiger partial charge in [0.15, 0.2) is 0 Å². The van der Waals surface area contributed by atoms with Gasteiger partial charge in [0, 0.05) is 5.69 Å². The van der Waals surface area contributed by atoms with Crippen LogP contribution in [0.25, 0.3) is 0 Å². The molecule has 86 valence electrons. The number of carbonyl (C=O) groups is 1. The van der Waals surface area contributed by atoms with Crippen molar-refractivity contribution in [1.82, 2.24) is 0 Å². The van der Waals surface area contributed by atoms with Gasteiger partial charge in [0.05, 0.1) is 10.9 Å². The highest BCUT2D eigenvalue weighted by atomic mass is 32.1. The topological polar surface area (TPSA) is 55.1 Å². The minimum Gasteiger partial charge on any atom is -0.393 e. The summed E-state index contributed by atoms with van der Waals surface area (Å²) in [4.78, 5) is 11.9. The molecule has 0 aromatic heterocycles. The Hall–Kier alpha value is -1.42. The SMILES string of the molecule is Cc1ccc(C)c(NC(=O)C(C)C(N)=S)c1. The van der Waals surface area contributed by atoms with Crippen LogP contribution >= 0.6 is 12.2 Å². The minimum absolute atomic E-state index is 0.166. The van der Waals surface area contributed by atoms with Crippen molar-refractivity contribution in [2.24, 2.45) is 11.7 Å². The molecule has 1 aromatic carbocycles. The van der Waals surface area contributed by atoms with Crippen molar-refractivity contribution in [3.8, 4) is 0 Å². The molecule has 1 unspecified atom stereocenters. The standard InChI is InChI=1S/C12H16N2OS/c1-7-4-5-8(2)10(6-7)14-12(15)9(3)11(13)16/h4-6,9H,1-3H3,(H2,13,16)(H,14,15). The Morgan fingerprint density at radius 2 is 2.06 bits per heavy atom. The van der Waals surface area contributed by atoms with Crippen molar-refractivity contribution in [3.63, 3.8) is 0 Å². The summed E-state index contributed by atoms with van der Waals surface area (Å²) in [6, 6.07) is 5.90. The van der Waals surface area contributed by atoms with Crippen LogP contribution in [-0.4, -0.2) is 10.9 Å². The van der Waals surface area contributed by atoms with Crippen LogP contribution in [0.15, 0.2) is 18.2 Å². The van der Waals surface area contributed by atoms with E-state index in [2.05, 4.69) is 5.32 Å². The summed E-state index contributed by atoms with van der Waals surface area (Å²) in [5.74, 6) is -0.615. The van der Waals surface area contributed by atoms with Gasteiger partial charge < -0.3 is 11.1 Å². The average molecular weight is 236 g/mol. The van der Waals surface area contributed by atoms with Gasteiger partial charge >= 0.3 is 0 Å². The third-order valence-electron chi connectivity index (χ3n) is 2.47. The first-order valence-corrected chi connectivity index (χ1v) is 5.50. The molecule has 0 saturated carbocycles. The Labute approximate surface area is 101 Å². The van der Waals surface area contributed by atoms with Gasteiger partial charge in [-0.05, 0) is 38.0 Å². The third kappa shape index (κ3) is 3.03. The van der Waals surface area contributed by atoms with E-state index in [4.69, 9.17) is 18.0 Å². The van der Waals surface area contributed by atoms with E-state index in [1.54, 1.807) is 6.92 Å². The van der Waals surface area contributed by atoms with Crippen LogP contribution in [0.3, 0.4) is 0 Å². The molecule has 0 aliphatic carbocycles. The quantitative estimate of drug-likeness (QED) is 0.791. The lowest BCUT2D eigenvalue weighted by Gasteiger charge is -2.13. The number of nitrogens with two attached hydrogens (primary N) is 1. The molecule has 0 aliphatic rings. The summed E-state index contributed by atoms with van der Waals surface area (Å²) in [6.07, 6.45) is 0. The number of rotatable bonds is 3. The van der Waals surface area contributed by atoms with Gasteiger partial charge in [-0.1, -0.05) is 24.4 Å². The van der Waals surface area contributed by atoms with Gasteiger partial charge in [-0.15, -0.1) is 0 Å². The first-order valence-electron chi connectivity index (χ1n) is 5.09. The summed E-state index contributed by atoms with van der Waals surface area (Å²) in [6.45, 7) is 5.62. The first-order chi connectivity index (χ1) is 7.41. The number of amides is 1. The number of nitrogens with one attached hydrogen (secondary N) is 1. The number of aryl methyl sites for hydroxylation is 2. The van der Waals surface area contributed by atoms with E-state index in [1.165, 1.54) is 0 Å². The van der Waals surface area contributed by atoms with Gasteiger partial charge in [-0.2, -0.15) is 0 Å². The molecule has 1 amide bonds. The molecule has 16 heavy (non-hydrogen) atoms. The second-order valence-electron chi connectivity index (χ2n) is 3.93. The molecule has 0 aliphatic heterocycles. The lowest BCUT2D eigenvalue weighted by molar-refractivity contribution is -0.117. The number of hydrogen-bond acceptors (Lipinski definition) is 2. The maximum absolute atomic E-state index is 11.7. The highest BCUT2D eigenvalue weighted by molar-refractivity contribution is 7.80. The fourth-order valence-corrected chi connectivity index (χ4v) is 1.35. The minimum atomic E-state index is -0.449. The number of carbonyl (C=O) groups excluding carboxylic acids is 1. The maximum atomic E-state index is 11.7. The Morgan fingerprint density at radius 3 is 2.62 bits per heavy atom. The summed E-state index contributed by atoms with van der Waals surface area (Å²) < 4.78 is 0. The second-order valence-corrected chi connectivity index (χ2v) is 4.40. The third-order valence-corrected chi connectivity index (χ3v) is 2.82. The van der Waals surface area contributed by atoms with Gasteiger partial charge in [-0.25, -0.2) is 0 Å². The van der Waals surface area contributed by atoms with Crippen LogP contribution in [0.1, 0.15) is 18.1 Å². The first kappa shape index (κ1) is 12.6. The Kier molecular flexibility index (Phi) is 4.01. The molecule has 0 saturated heterocycles. The molecule has 0 spiro atoms. The van der Waals surface area contributed by atoms with Crippen LogP contribution in [0, 0.1) is 19.8 Å². The van der Waals surface area contributed by atoms with E-state index >= 15 is 0 Å². The highest BCUT2D eigenvalue weighted by Gasteiger charge is 2.16. The zero-order chi connectivity index (χ0) is 12.3. The van der Waals surface area contributed by atoms with Crippen LogP contribution < -0.4 is 11.1 Å². The molecule has 0 bridgehead atoms. The zero-order valence-electron chi connectivity index (χ0n) is 9.70. The Balaban J connectivity index is 2.84. The van der Waals surface area contributed by atoms with Gasteiger partial charge in [0.1, 0.15) is 0 Å². The van der Waals surface area contributed by atoms with E-state index in [9.17, 15) is 4.79 Å². The molecule has 4 heteroatoms. The van der Waals surface area contributed by atoms with E-state index < -0.39 is 5.92 Å². The van der Waals surface area contributed by atoms with Crippen LogP contribution in [0.5, 0.6) is 0 Å². The molecule has 1 atom stereocenters. The van der Waals surface area contributed by atoms with Crippen LogP contribution in [-0.2, 0) is 4.79 Å². The van der Waals surface area contributed by atoms with E-state index in [0.29, 0.717) is 0 Å². The summed E-state index contributed by atoms with van der Waals surface area (Å²) >= 11 is 4.79. The molecule has 3 nitrogen and oxygen atoms in total. The van der Waals surface area contributed by atoms with Gasteiger partial charge in [0.25, 0.3) is 0 Å². The summed E-state index contributed by atoms with van der Waals surface area (Å²) in [5.41, 5.74) is 8.37. The van der Waals surface area contributed by atoms with Crippen molar-refractivity contribution in [3.05, 3.63) is 29.3 Å². The van der Waals surface area contributed by atoms with Crippen LogP contribution in [0.4, 0.5) is 5.69 Å². The molecule has 1 aromatic rings. The number of benzene rings is 1. The molecule has 3 N–H and O–H groups in total. The van der Waals surface area contributed by atoms with E-state index in [-0.39, 0.29) is 10.9 Å². The Morgan fingerprint density at radius 1 is 1.44 bits per heavy atom.